The zero-order valence-electron chi connectivity index (χ0n) is 19.5. The molecule has 3 aromatic carbocycles. The van der Waals surface area contributed by atoms with Crippen molar-refractivity contribution in [1.29, 1.82) is 0 Å². The molecule has 1 saturated carbocycles. The van der Waals surface area contributed by atoms with Gasteiger partial charge in [0.05, 0.1) is 0 Å². The topological polar surface area (TPSA) is 50.7 Å². The van der Waals surface area contributed by atoms with Crippen LogP contribution in [0.5, 0.6) is 0 Å². The molecule has 2 aliphatic rings. The normalized spacial score (nSPS) is 23.8. The lowest BCUT2D eigenvalue weighted by atomic mass is 9.79. The van der Waals surface area contributed by atoms with Crippen molar-refractivity contribution < 1.29 is 4.74 Å². The standard InChI is InChI=1S/C29H34N2O2/c1-21(27-11-5-7-23-6-2-3-10-28(23)27)30-26-9-4-8-24(20-26)22-12-14-25(15-13-22)29(31-32)16-18-33-19-17-29/h2-3,5-7,10-15,21,24,26,30H,4,8-9,16-20H2,1H3/t21?,24-,26?/m0/s1. The largest absolute Gasteiger partial charge is 0.381 e. The third-order valence-electron chi connectivity index (χ3n) is 7.86. The first-order valence-corrected chi connectivity index (χ1v) is 12.4. The molecule has 0 spiro atoms. The number of nitroso groups, excluding NO2 is 1. The fourth-order valence-corrected chi connectivity index (χ4v) is 5.92. The van der Waals surface area contributed by atoms with Crippen molar-refractivity contribution in [3.63, 3.8) is 0 Å². The molecule has 1 saturated heterocycles. The van der Waals surface area contributed by atoms with Crippen LogP contribution in [0.25, 0.3) is 10.8 Å². The number of benzene rings is 3. The molecule has 2 fully saturated rings. The van der Waals surface area contributed by atoms with E-state index in [1.54, 1.807) is 0 Å². The maximum atomic E-state index is 11.7. The maximum absolute atomic E-state index is 11.7. The third-order valence-corrected chi connectivity index (χ3v) is 7.86. The Kier molecular flexibility index (Phi) is 6.57. The van der Waals surface area contributed by atoms with Crippen LogP contribution >= 0.6 is 0 Å². The Balaban J connectivity index is 1.27. The molecule has 0 radical (unpaired) electrons. The summed E-state index contributed by atoms with van der Waals surface area (Å²) in [6.45, 7) is 3.51. The molecule has 4 nitrogen and oxygen atoms in total. The van der Waals surface area contributed by atoms with E-state index in [0.717, 1.165) is 12.0 Å². The van der Waals surface area contributed by atoms with Crippen LogP contribution in [0.1, 0.15) is 74.1 Å². The van der Waals surface area contributed by atoms with Gasteiger partial charge in [0.1, 0.15) is 5.54 Å². The lowest BCUT2D eigenvalue weighted by Gasteiger charge is -2.33. The number of hydrogen-bond donors (Lipinski definition) is 1. The molecule has 5 rings (SSSR count). The van der Waals surface area contributed by atoms with Gasteiger partial charge in [-0.2, -0.15) is 0 Å². The van der Waals surface area contributed by atoms with Crippen molar-refractivity contribution in [1.82, 2.24) is 5.32 Å². The SMILES string of the molecule is CC(NC1CCC[C@H](c2ccc(C3(N=O)CCOCC3)cc2)C1)c1cccc2ccccc12. The number of hydrogen-bond acceptors (Lipinski definition) is 4. The van der Waals surface area contributed by atoms with Crippen molar-refractivity contribution in [2.45, 2.75) is 69.0 Å². The Morgan fingerprint density at radius 1 is 0.970 bits per heavy atom. The molecule has 0 bridgehead atoms. The minimum Gasteiger partial charge on any atom is -0.381 e. The minimum absolute atomic E-state index is 0.314. The molecule has 33 heavy (non-hydrogen) atoms. The first kappa shape index (κ1) is 22.2. The van der Waals surface area contributed by atoms with Gasteiger partial charge in [-0.05, 0) is 59.6 Å². The summed E-state index contributed by atoms with van der Waals surface area (Å²) in [5.74, 6) is 0.555. The number of nitrogens with one attached hydrogen (secondary N) is 1. The summed E-state index contributed by atoms with van der Waals surface area (Å²) in [5, 5.41) is 10.1. The van der Waals surface area contributed by atoms with Crippen molar-refractivity contribution in [2.75, 3.05) is 13.2 Å². The third kappa shape index (κ3) is 4.60. The van der Waals surface area contributed by atoms with E-state index in [-0.39, 0.29) is 0 Å². The molecule has 1 heterocycles. The smallest absolute Gasteiger partial charge is 0.132 e. The summed E-state index contributed by atoms with van der Waals surface area (Å²) in [4.78, 5) is 11.7. The van der Waals surface area contributed by atoms with E-state index in [4.69, 9.17) is 4.74 Å². The number of ether oxygens (including phenoxy) is 1. The maximum Gasteiger partial charge on any atom is 0.132 e. The van der Waals surface area contributed by atoms with Gasteiger partial charge in [-0.3, -0.25) is 0 Å². The molecule has 1 aliphatic heterocycles. The van der Waals surface area contributed by atoms with E-state index in [2.05, 4.69) is 84.1 Å². The molecule has 3 atom stereocenters. The Morgan fingerprint density at radius 3 is 2.52 bits per heavy atom. The van der Waals surface area contributed by atoms with E-state index in [0.29, 0.717) is 44.1 Å². The highest BCUT2D eigenvalue weighted by Gasteiger charge is 2.36. The zero-order valence-corrected chi connectivity index (χ0v) is 19.5. The Morgan fingerprint density at radius 2 is 1.73 bits per heavy atom. The van der Waals surface area contributed by atoms with Gasteiger partial charge >= 0.3 is 0 Å². The van der Waals surface area contributed by atoms with Gasteiger partial charge in [-0.15, -0.1) is 4.91 Å². The van der Waals surface area contributed by atoms with Crippen molar-refractivity contribution >= 4 is 10.8 Å². The van der Waals surface area contributed by atoms with Crippen molar-refractivity contribution in [2.24, 2.45) is 5.18 Å². The molecule has 1 N–H and O–H groups in total. The summed E-state index contributed by atoms with van der Waals surface area (Å²) >= 11 is 0. The summed E-state index contributed by atoms with van der Waals surface area (Å²) < 4.78 is 5.46. The molecule has 172 valence electrons. The predicted octanol–water partition coefficient (Wildman–Crippen LogP) is 6.99. The average Bonchev–Trinajstić information content (AvgIpc) is 2.89. The fraction of sp³-hybridized carbons (Fsp3) is 0.448. The van der Waals surface area contributed by atoms with Gasteiger partial charge in [-0.1, -0.05) is 78.3 Å². The quantitative estimate of drug-likeness (QED) is 0.419. The Bertz CT molecular complexity index is 1080. The van der Waals surface area contributed by atoms with Crippen molar-refractivity contribution in [3.05, 3.63) is 88.3 Å². The van der Waals surface area contributed by atoms with E-state index in [9.17, 15) is 4.91 Å². The first-order valence-electron chi connectivity index (χ1n) is 12.4. The summed E-state index contributed by atoms with van der Waals surface area (Å²) in [5.41, 5.74) is 3.19. The molecule has 3 aromatic rings. The van der Waals surface area contributed by atoms with Crippen LogP contribution in [0.15, 0.2) is 71.9 Å². The van der Waals surface area contributed by atoms with Crippen LogP contribution in [0.3, 0.4) is 0 Å². The lowest BCUT2D eigenvalue weighted by Crippen LogP contribution is -2.35. The summed E-state index contributed by atoms with van der Waals surface area (Å²) in [6, 6.07) is 24.8. The lowest BCUT2D eigenvalue weighted by molar-refractivity contribution is 0.0525. The van der Waals surface area contributed by atoms with Gasteiger partial charge in [0.25, 0.3) is 0 Å². The molecule has 2 unspecified atom stereocenters. The van der Waals surface area contributed by atoms with Crippen LogP contribution in [0, 0.1) is 4.91 Å². The molecule has 4 heteroatoms. The number of rotatable bonds is 6. The van der Waals surface area contributed by atoms with Crippen LogP contribution < -0.4 is 5.32 Å². The van der Waals surface area contributed by atoms with E-state index >= 15 is 0 Å². The molecule has 1 aliphatic carbocycles. The van der Waals surface area contributed by atoms with Gasteiger partial charge in [0, 0.05) is 38.1 Å². The average molecular weight is 443 g/mol. The second kappa shape index (κ2) is 9.74. The van der Waals surface area contributed by atoms with Gasteiger partial charge < -0.3 is 10.1 Å². The van der Waals surface area contributed by atoms with E-state index in [1.165, 1.54) is 41.2 Å². The zero-order chi connectivity index (χ0) is 22.7. The highest BCUT2D eigenvalue weighted by atomic mass is 16.5. The highest BCUT2D eigenvalue weighted by Crippen LogP contribution is 2.39. The van der Waals surface area contributed by atoms with Gasteiger partial charge in [0.2, 0.25) is 0 Å². The minimum atomic E-state index is -0.610. The Hall–Kier alpha value is -2.56. The first-order chi connectivity index (χ1) is 16.2. The Labute approximate surface area is 196 Å². The second-order valence-electron chi connectivity index (χ2n) is 9.87. The van der Waals surface area contributed by atoms with E-state index < -0.39 is 5.54 Å². The van der Waals surface area contributed by atoms with Gasteiger partial charge in [0.15, 0.2) is 0 Å². The monoisotopic (exact) mass is 442 g/mol. The molecular formula is C29H34N2O2. The van der Waals surface area contributed by atoms with Crippen LogP contribution in [-0.4, -0.2) is 19.3 Å². The summed E-state index contributed by atoms with van der Waals surface area (Å²) in [7, 11) is 0. The van der Waals surface area contributed by atoms with E-state index in [1.807, 2.05) is 0 Å². The number of fused-ring (bicyclic) bond motifs is 1. The highest BCUT2D eigenvalue weighted by molar-refractivity contribution is 5.86. The van der Waals surface area contributed by atoms with Crippen LogP contribution in [-0.2, 0) is 10.3 Å². The number of nitrogens with zero attached hydrogens (tertiary/aromatic N) is 1. The van der Waals surface area contributed by atoms with Crippen LogP contribution in [0.2, 0.25) is 0 Å². The molecular weight excluding hydrogens is 408 g/mol. The predicted molar refractivity (Wildman–Crippen MR) is 134 cm³/mol. The summed E-state index contributed by atoms with van der Waals surface area (Å²) in [6.07, 6.45) is 6.20. The molecule has 0 amide bonds. The molecule has 0 aromatic heterocycles. The fourth-order valence-electron chi connectivity index (χ4n) is 5.92. The van der Waals surface area contributed by atoms with Gasteiger partial charge in [-0.25, -0.2) is 0 Å². The van der Waals surface area contributed by atoms with Crippen LogP contribution in [0.4, 0.5) is 0 Å². The second-order valence-corrected chi connectivity index (χ2v) is 9.87. The van der Waals surface area contributed by atoms with Crippen molar-refractivity contribution in [3.8, 4) is 0 Å².